The third-order valence-electron chi connectivity index (χ3n) is 4.02. The SMILES string of the molecule is C/C(=N/N=C(N)N)c1ccc(NC(=O)NCc2ccc(/C(C)=N/N=C(N)N)cc2)cc1. The summed E-state index contributed by atoms with van der Waals surface area (Å²) in [4.78, 5) is 12.2. The molecule has 0 unspecified atom stereocenters. The summed E-state index contributed by atoms with van der Waals surface area (Å²) in [5.74, 6) is -0.215. The van der Waals surface area contributed by atoms with E-state index in [9.17, 15) is 4.79 Å². The van der Waals surface area contributed by atoms with E-state index in [1.807, 2.05) is 36.4 Å². The summed E-state index contributed by atoms with van der Waals surface area (Å²) in [7, 11) is 0. The number of nitrogens with two attached hydrogens (primary N) is 4. The van der Waals surface area contributed by atoms with Crippen molar-refractivity contribution in [1.82, 2.24) is 5.32 Å². The second-order valence-corrected chi connectivity index (χ2v) is 6.50. The first kappa shape index (κ1) is 22.9. The summed E-state index contributed by atoms with van der Waals surface area (Å²) in [5, 5.41) is 20.7. The molecule has 0 bridgehead atoms. The molecule has 0 saturated heterocycles. The number of hydrogen-bond donors (Lipinski definition) is 6. The number of carbonyl (C=O) groups excluding carboxylic acids is 1. The predicted molar refractivity (Wildman–Crippen MR) is 125 cm³/mol. The van der Waals surface area contributed by atoms with Gasteiger partial charge in [0.25, 0.3) is 0 Å². The number of urea groups is 1. The Morgan fingerprint density at radius 3 is 1.65 bits per heavy atom. The third-order valence-corrected chi connectivity index (χ3v) is 4.02. The number of amides is 2. The van der Waals surface area contributed by atoms with Crippen molar-refractivity contribution in [1.29, 1.82) is 0 Å². The van der Waals surface area contributed by atoms with Crippen LogP contribution in [0.3, 0.4) is 0 Å². The van der Waals surface area contributed by atoms with Crippen LogP contribution < -0.4 is 33.6 Å². The lowest BCUT2D eigenvalue weighted by Gasteiger charge is -2.09. The minimum absolute atomic E-state index is 0.102. The smallest absolute Gasteiger partial charge is 0.319 e. The molecule has 11 heteroatoms. The van der Waals surface area contributed by atoms with Crippen molar-refractivity contribution in [3.8, 4) is 0 Å². The number of nitrogens with zero attached hydrogens (tertiary/aromatic N) is 4. The molecule has 0 aliphatic carbocycles. The molecule has 0 saturated carbocycles. The van der Waals surface area contributed by atoms with E-state index in [1.54, 1.807) is 26.0 Å². The van der Waals surface area contributed by atoms with Crippen LogP contribution in [-0.4, -0.2) is 29.4 Å². The average Bonchev–Trinajstić information content (AvgIpc) is 2.75. The molecule has 2 amide bonds. The number of carbonyl (C=O) groups is 1. The summed E-state index contributed by atoms with van der Waals surface area (Å²) in [5.41, 5.74) is 25.6. The zero-order chi connectivity index (χ0) is 22.8. The number of guanidine groups is 2. The van der Waals surface area contributed by atoms with Crippen LogP contribution in [0.25, 0.3) is 0 Å². The molecule has 10 N–H and O–H groups in total. The lowest BCUT2D eigenvalue weighted by Crippen LogP contribution is -2.28. The molecule has 0 fully saturated rings. The maximum absolute atomic E-state index is 12.2. The first-order valence-corrected chi connectivity index (χ1v) is 9.25. The monoisotopic (exact) mass is 422 g/mol. The van der Waals surface area contributed by atoms with Crippen LogP contribution in [-0.2, 0) is 6.54 Å². The Labute approximate surface area is 180 Å². The number of rotatable bonds is 7. The molecular weight excluding hydrogens is 396 g/mol. The Morgan fingerprint density at radius 2 is 1.19 bits per heavy atom. The number of nitrogens with one attached hydrogen (secondary N) is 2. The zero-order valence-electron chi connectivity index (χ0n) is 17.3. The summed E-state index contributed by atoms with van der Waals surface area (Å²) >= 11 is 0. The highest BCUT2D eigenvalue weighted by Crippen LogP contribution is 2.11. The molecule has 2 aromatic rings. The van der Waals surface area contributed by atoms with E-state index < -0.39 is 0 Å². The van der Waals surface area contributed by atoms with Gasteiger partial charge in [0.1, 0.15) is 0 Å². The van der Waals surface area contributed by atoms with Gasteiger partial charge >= 0.3 is 6.03 Å². The summed E-state index contributed by atoms with van der Waals surface area (Å²) in [6.45, 7) is 3.94. The van der Waals surface area contributed by atoms with Crippen molar-refractivity contribution in [2.45, 2.75) is 20.4 Å². The van der Waals surface area contributed by atoms with Crippen LogP contribution in [0.2, 0.25) is 0 Å². The Kier molecular flexibility index (Phi) is 8.08. The van der Waals surface area contributed by atoms with Gasteiger partial charge in [0, 0.05) is 12.2 Å². The maximum Gasteiger partial charge on any atom is 0.319 e. The highest BCUT2D eigenvalue weighted by molar-refractivity contribution is 6.00. The second kappa shape index (κ2) is 11.0. The molecule has 0 atom stereocenters. The first-order chi connectivity index (χ1) is 14.7. The average molecular weight is 422 g/mol. The van der Waals surface area contributed by atoms with Crippen molar-refractivity contribution in [2.75, 3.05) is 5.32 Å². The normalized spacial score (nSPS) is 11.4. The van der Waals surface area contributed by atoms with Gasteiger partial charge in [0.15, 0.2) is 0 Å². The van der Waals surface area contributed by atoms with Crippen molar-refractivity contribution in [3.05, 3.63) is 65.2 Å². The fourth-order valence-corrected chi connectivity index (χ4v) is 2.40. The van der Waals surface area contributed by atoms with Crippen LogP contribution in [0.1, 0.15) is 30.5 Å². The van der Waals surface area contributed by atoms with Gasteiger partial charge in [0.2, 0.25) is 11.9 Å². The van der Waals surface area contributed by atoms with Gasteiger partial charge in [0.05, 0.1) is 11.4 Å². The highest BCUT2D eigenvalue weighted by atomic mass is 16.2. The molecule has 0 radical (unpaired) electrons. The fourth-order valence-electron chi connectivity index (χ4n) is 2.40. The number of benzene rings is 2. The largest absolute Gasteiger partial charge is 0.369 e. The first-order valence-electron chi connectivity index (χ1n) is 9.25. The number of anilines is 1. The molecule has 2 rings (SSSR count). The molecule has 11 nitrogen and oxygen atoms in total. The Hall–Kier alpha value is -4.41. The minimum atomic E-state index is -0.326. The van der Waals surface area contributed by atoms with Crippen LogP contribution in [0.5, 0.6) is 0 Å². The van der Waals surface area contributed by atoms with Crippen LogP contribution in [0, 0.1) is 0 Å². The molecule has 0 spiro atoms. The molecular formula is C20H26N10O. The third kappa shape index (κ3) is 7.85. The molecule has 162 valence electrons. The van der Waals surface area contributed by atoms with Crippen LogP contribution in [0.15, 0.2) is 68.9 Å². The van der Waals surface area contributed by atoms with E-state index in [0.717, 1.165) is 16.7 Å². The van der Waals surface area contributed by atoms with E-state index in [0.29, 0.717) is 23.7 Å². The number of hydrogen-bond acceptors (Lipinski definition) is 5. The summed E-state index contributed by atoms with van der Waals surface area (Å²) in [6.07, 6.45) is 0. The van der Waals surface area contributed by atoms with Crippen LogP contribution in [0.4, 0.5) is 10.5 Å². The van der Waals surface area contributed by atoms with Gasteiger partial charge in [-0.2, -0.15) is 10.2 Å². The summed E-state index contributed by atoms with van der Waals surface area (Å²) in [6, 6.07) is 14.3. The van der Waals surface area contributed by atoms with Gasteiger partial charge in [-0.15, -0.1) is 10.2 Å². The van der Waals surface area contributed by atoms with Crippen molar-refractivity contribution < 1.29 is 4.79 Å². The van der Waals surface area contributed by atoms with Crippen LogP contribution >= 0.6 is 0 Å². The topological polar surface area (TPSA) is 195 Å². The highest BCUT2D eigenvalue weighted by Gasteiger charge is 2.04. The van der Waals surface area contributed by atoms with Gasteiger partial charge in [-0.1, -0.05) is 36.4 Å². The van der Waals surface area contributed by atoms with Crippen molar-refractivity contribution in [3.63, 3.8) is 0 Å². The van der Waals surface area contributed by atoms with Gasteiger partial charge in [-0.3, -0.25) is 0 Å². The van der Waals surface area contributed by atoms with E-state index in [2.05, 4.69) is 31.0 Å². The lowest BCUT2D eigenvalue weighted by atomic mass is 10.1. The molecule has 0 aliphatic rings. The Balaban J connectivity index is 1.89. The Bertz CT molecular complexity index is 1010. The molecule has 0 aromatic heterocycles. The van der Waals surface area contributed by atoms with Gasteiger partial charge in [-0.25, -0.2) is 4.79 Å². The minimum Gasteiger partial charge on any atom is -0.369 e. The quantitative estimate of drug-likeness (QED) is 0.219. The Morgan fingerprint density at radius 1 is 0.742 bits per heavy atom. The van der Waals surface area contributed by atoms with E-state index in [1.165, 1.54) is 0 Å². The van der Waals surface area contributed by atoms with E-state index in [4.69, 9.17) is 22.9 Å². The van der Waals surface area contributed by atoms with E-state index >= 15 is 0 Å². The fraction of sp³-hybridized carbons (Fsp3) is 0.150. The molecule has 2 aromatic carbocycles. The van der Waals surface area contributed by atoms with Gasteiger partial charge < -0.3 is 33.6 Å². The van der Waals surface area contributed by atoms with Gasteiger partial charge in [-0.05, 0) is 42.7 Å². The molecule has 0 heterocycles. The molecule has 0 aliphatic heterocycles. The van der Waals surface area contributed by atoms with Crippen molar-refractivity contribution >= 4 is 35.1 Å². The van der Waals surface area contributed by atoms with E-state index in [-0.39, 0.29) is 18.0 Å². The standard InChI is InChI=1S/C20H26N10O/c1-12(27-29-18(21)22)15-5-3-14(4-6-15)11-25-20(31)26-17-9-7-16(8-10-17)13(2)28-30-19(23)24/h3-10H,11H2,1-2H3,(H4,21,22,29)(H4,23,24,30)(H2,25,26,31)/b27-12+,28-13-. The zero-order valence-corrected chi connectivity index (χ0v) is 17.3. The second-order valence-electron chi connectivity index (χ2n) is 6.50. The summed E-state index contributed by atoms with van der Waals surface area (Å²) < 4.78 is 0. The maximum atomic E-state index is 12.2. The molecule has 31 heavy (non-hydrogen) atoms. The van der Waals surface area contributed by atoms with Crippen molar-refractivity contribution in [2.24, 2.45) is 43.3 Å². The predicted octanol–water partition coefficient (Wildman–Crippen LogP) is 1.00. The lowest BCUT2D eigenvalue weighted by molar-refractivity contribution is 0.251.